The van der Waals surface area contributed by atoms with Gasteiger partial charge in [0, 0.05) is 30.0 Å². The molecule has 0 aliphatic heterocycles. The fraction of sp³-hybridized carbons (Fsp3) is 0.190. The first-order chi connectivity index (χ1) is 15.0. The monoisotopic (exact) mass is 436 g/mol. The normalized spacial score (nSPS) is 10.8. The average molecular weight is 436 g/mol. The van der Waals surface area contributed by atoms with Gasteiger partial charge in [0.05, 0.1) is 41.6 Å². The summed E-state index contributed by atoms with van der Waals surface area (Å²) in [7, 11) is 1.64. The molecule has 0 fully saturated rings. The van der Waals surface area contributed by atoms with Gasteiger partial charge in [0.25, 0.3) is 11.5 Å². The van der Waals surface area contributed by atoms with E-state index in [9.17, 15) is 9.59 Å². The number of carbonyl (C=O) groups is 1. The summed E-state index contributed by atoms with van der Waals surface area (Å²) in [6, 6.07) is 9.06. The van der Waals surface area contributed by atoms with Gasteiger partial charge in [0.1, 0.15) is 5.75 Å². The quantitative estimate of drug-likeness (QED) is 0.460. The van der Waals surface area contributed by atoms with Crippen LogP contribution in [0.2, 0.25) is 0 Å². The molecule has 0 aliphatic rings. The number of amides is 1. The molecular formula is C21H20N6O3S. The highest BCUT2D eigenvalue weighted by molar-refractivity contribution is 7.09. The standard InChI is InChI=1S/C21H20N6O3S/c1-13-16(10-25-27(13)18-9-19(28)24-12-23-18)21(29)22-8-7-20-26-17(11-31-20)14-3-5-15(30-2)6-4-14/h3-6,9-12H,7-8H2,1-2H3,(H,22,29)(H,23,24,28). The van der Waals surface area contributed by atoms with Gasteiger partial charge in [-0.15, -0.1) is 11.3 Å². The van der Waals surface area contributed by atoms with Crippen molar-refractivity contribution < 1.29 is 9.53 Å². The second kappa shape index (κ2) is 8.92. The van der Waals surface area contributed by atoms with E-state index >= 15 is 0 Å². The maximum absolute atomic E-state index is 12.6. The molecule has 3 aromatic heterocycles. The summed E-state index contributed by atoms with van der Waals surface area (Å²) in [5.74, 6) is 0.921. The SMILES string of the molecule is COc1ccc(-c2csc(CCNC(=O)c3cnn(-c4cc(=O)[nH]cn4)c3C)n2)cc1. The van der Waals surface area contributed by atoms with E-state index in [1.54, 1.807) is 25.4 Å². The summed E-state index contributed by atoms with van der Waals surface area (Å²) in [4.78, 5) is 35.2. The van der Waals surface area contributed by atoms with Gasteiger partial charge in [-0.3, -0.25) is 9.59 Å². The molecule has 9 nitrogen and oxygen atoms in total. The van der Waals surface area contributed by atoms with Gasteiger partial charge in [0.15, 0.2) is 5.82 Å². The summed E-state index contributed by atoms with van der Waals surface area (Å²) in [6.45, 7) is 2.20. The predicted molar refractivity (Wildman–Crippen MR) is 117 cm³/mol. The topological polar surface area (TPSA) is 115 Å². The molecule has 158 valence electrons. The molecule has 1 aromatic carbocycles. The van der Waals surface area contributed by atoms with Crippen LogP contribution in [0, 0.1) is 6.92 Å². The lowest BCUT2D eigenvalue weighted by Gasteiger charge is -2.05. The van der Waals surface area contributed by atoms with E-state index < -0.39 is 0 Å². The van der Waals surface area contributed by atoms with E-state index in [2.05, 4.69) is 25.4 Å². The van der Waals surface area contributed by atoms with E-state index in [1.165, 1.54) is 23.3 Å². The fourth-order valence-electron chi connectivity index (χ4n) is 3.04. The zero-order valence-electron chi connectivity index (χ0n) is 17.0. The van der Waals surface area contributed by atoms with E-state index in [4.69, 9.17) is 4.74 Å². The lowest BCUT2D eigenvalue weighted by atomic mass is 10.2. The number of nitrogens with one attached hydrogen (secondary N) is 2. The Labute approximate surface area is 181 Å². The number of nitrogens with zero attached hydrogens (tertiary/aromatic N) is 4. The van der Waals surface area contributed by atoms with Crippen LogP contribution in [-0.4, -0.2) is 44.3 Å². The molecule has 31 heavy (non-hydrogen) atoms. The third-order valence-electron chi connectivity index (χ3n) is 4.70. The molecule has 1 amide bonds. The van der Waals surface area contributed by atoms with E-state index in [-0.39, 0.29) is 11.5 Å². The minimum Gasteiger partial charge on any atom is -0.497 e. The van der Waals surface area contributed by atoms with Crippen LogP contribution in [-0.2, 0) is 6.42 Å². The first kappa shape index (κ1) is 20.5. The van der Waals surface area contributed by atoms with Crippen molar-refractivity contribution >= 4 is 17.2 Å². The molecule has 0 saturated heterocycles. The second-order valence-corrected chi connectivity index (χ2v) is 7.63. The van der Waals surface area contributed by atoms with Crippen molar-refractivity contribution in [3.8, 4) is 22.8 Å². The number of aromatic amines is 1. The van der Waals surface area contributed by atoms with Crippen LogP contribution >= 0.6 is 11.3 Å². The third-order valence-corrected chi connectivity index (χ3v) is 5.61. The van der Waals surface area contributed by atoms with Crippen LogP contribution in [0.15, 0.2) is 53.0 Å². The summed E-state index contributed by atoms with van der Waals surface area (Å²) < 4.78 is 6.64. The maximum Gasteiger partial charge on any atom is 0.254 e. The van der Waals surface area contributed by atoms with E-state index in [0.29, 0.717) is 30.0 Å². The highest BCUT2D eigenvalue weighted by Crippen LogP contribution is 2.24. The molecule has 0 aliphatic carbocycles. The zero-order chi connectivity index (χ0) is 21.8. The molecule has 2 N–H and O–H groups in total. The maximum atomic E-state index is 12.6. The molecule has 0 unspecified atom stereocenters. The van der Waals surface area contributed by atoms with Crippen LogP contribution in [0.4, 0.5) is 0 Å². The van der Waals surface area contributed by atoms with E-state index in [1.807, 2.05) is 29.6 Å². The Hall–Kier alpha value is -3.79. The van der Waals surface area contributed by atoms with Crippen LogP contribution < -0.4 is 15.6 Å². The van der Waals surface area contributed by atoms with Gasteiger partial charge in [-0.25, -0.2) is 14.6 Å². The number of H-pyrrole nitrogens is 1. The van der Waals surface area contributed by atoms with Gasteiger partial charge in [-0.2, -0.15) is 5.10 Å². The van der Waals surface area contributed by atoms with E-state index in [0.717, 1.165) is 22.0 Å². The number of thiazole rings is 1. The smallest absolute Gasteiger partial charge is 0.254 e. The minimum atomic E-state index is -0.289. The van der Waals surface area contributed by atoms with Crippen LogP contribution in [0.1, 0.15) is 21.1 Å². The summed E-state index contributed by atoms with van der Waals surface area (Å²) in [5.41, 5.74) is 2.66. The molecule has 0 spiro atoms. The Balaban J connectivity index is 1.37. The number of ether oxygens (including phenoxy) is 1. The Morgan fingerprint density at radius 3 is 2.84 bits per heavy atom. The third kappa shape index (κ3) is 4.53. The van der Waals surface area contributed by atoms with Crippen molar-refractivity contribution in [2.24, 2.45) is 0 Å². The number of hydrogen-bond acceptors (Lipinski definition) is 7. The lowest BCUT2D eigenvalue weighted by molar-refractivity contribution is 0.0953. The molecule has 0 bridgehead atoms. The number of benzene rings is 1. The van der Waals surface area contributed by atoms with Crippen molar-refractivity contribution in [1.29, 1.82) is 0 Å². The van der Waals surface area contributed by atoms with Gasteiger partial charge in [-0.1, -0.05) is 0 Å². The Morgan fingerprint density at radius 2 is 2.10 bits per heavy atom. The van der Waals surface area contributed by atoms with Crippen LogP contribution in [0.3, 0.4) is 0 Å². The molecule has 0 atom stereocenters. The predicted octanol–water partition coefficient (Wildman–Crippen LogP) is 2.37. The molecule has 0 radical (unpaired) electrons. The van der Waals surface area contributed by atoms with Crippen molar-refractivity contribution in [2.45, 2.75) is 13.3 Å². The van der Waals surface area contributed by atoms with Crippen molar-refractivity contribution in [3.05, 3.63) is 74.9 Å². The minimum absolute atomic E-state index is 0.236. The number of carbonyl (C=O) groups excluding carboxylic acids is 1. The van der Waals surface area contributed by atoms with Crippen molar-refractivity contribution in [3.63, 3.8) is 0 Å². The summed E-state index contributed by atoms with van der Waals surface area (Å²) >= 11 is 1.56. The summed E-state index contributed by atoms with van der Waals surface area (Å²) in [5, 5.41) is 10.0. The van der Waals surface area contributed by atoms with Gasteiger partial charge >= 0.3 is 0 Å². The molecule has 0 saturated carbocycles. The van der Waals surface area contributed by atoms with Gasteiger partial charge in [0.2, 0.25) is 0 Å². The van der Waals surface area contributed by atoms with Crippen molar-refractivity contribution in [1.82, 2.24) is 30.0 Å². The molecule has 10 heteroatoms. The zero-order valence-corrected chi connectivity index (χ0v) is 17.8. The first-order valence-electron chi connectivity index (χ1n) is 9.52. The first-order valence-corrected chi connectivity index (χ1v) is 10.4. The molecular weight excluding hydrogens is 416 g/mol. The number of aromatic nitrogens is 5. The van der Waals surface area contributed by atoms with Crippen molar-refractivity contribution in [2.75, 3.05) is 13.7 Å². The number of hydrogen-bond donors (Lipinski definition) is 2. The molecule has 4 aromatic rings. The van der Waals surface area contributed by atoms with Gasteiger partial charge < -0.3 is 15.0 Å². The average Bonchev–Trinajstić information content (AvgIpc) is 3.40. The fourth-order valence-corrected chi connectivity index (χ4v) is 3.84. The Morgan fingerprint density at radius 1 is 1.29 bits per heavy atom. The Kier molecular flexibility index (Phi) is 5.89. The van der Waals surface area contributed by atoms with Crippen LogP contribution in [0.25, 0.3) is 17.1 Å². The highest BCUT2D eigenvalue weighted by Gasteiger charge is 2.16. The number of methoxy groups -OCH3 is 1. The molecule has 3 heterocycles. The second-order valence-electron chi connectivity index (χ2n) is 6.69. The number of rotatable bonds is 7. The largest absolute Gasteiger partial charge is 0.497 e. The van der Waals surface area contributed by atoms with Crippen LogP contribution in [0.5, 0.6) is 5.75 Å². The highest BCUT2D eigenvalue weighted by atomic mass is 32.1. The Bertz CT molecular complexity index is 1260. The molecule has 4 rings (SSSR count). The lowest BCUT2D eigenvalue weighted by Crippen LogP contribution is -2.26. The summed E-state index contributed by atoms with van der Waals surface area (Å²) in [6.07, 6.45) is 3.39. The van der Waals surface area contributed by atoms with Gasteiger partial charge in [-0.05, 0) is 31.2 Å².